The Bertz CT molecular complexity index is 815. The van der Waals surface area contributed by atoms with E-state index in [1.807, 2.05) is 42.5 Å². The summed E-state index contributed by atoms with van der Waals surface area (Å²) in [4.78, 5) is 18.1. The van der Waals surface area contributed by atoms with Crippen LogP contribution in [0.1, 0.15) is 66.4 Å². The molecule has 0 aliphatic carbocycles. The van der Waals surface area contributed by atoms with Gasteiger partial charge in [0.15, 0.2) is 5.78 Å². The molecule has 2 aromatic carbocycles. The van der Waals surface area contributed by atoms with Crippen LogP contribution in [-0.2, 0) is 0 Å². The Hall–Kier alpha value is -1.39. The summed E-state index contributed by atoms with van der Waals surface area (Å²) in [6, 6.07) is 17.8. The second-order valence-electron chi connectivity index (χ2n) is 9.33. The van der Waals surface area contributed by atoms with Crippen molar-refractivity contribution in [3.8, 4) is 0 Å². The van der Waals surface area contributed by atoms with Crippen molar-refractivity contribution >= 4 is 30.6 Å². The number of likely N-dealkylation sites (tertiary alicyclic amines) is 2. The van der Waals surface area contributed by atoms with Crippen molar-refractivity contribution in [2.75, 3.05) is 39.3 Å². The number of halogens is 2. The van der Waals surface area contributed by atoms with Gasteiger partial charge in [-0.3, -0.25) is 4.79 Å². The Morgan fingerprint density at radius 3 is 2.19 bits per heavy atom. The maximum Gasteiger partial charge on any atom is 0.193 e. The number of carbonyl (C=O) groups excluding carboxylic acids is 1. The Morgan fingerprint density at radius 1 is 0.844 bits per heavy atom. The summed E-state index contributed by atoms with van der Waals surface area (Å²) in [5.74, 6) is 1.43. The molecule has 4 rings (SSSR count). The molecule has 3 nitrogen and oxygen atoms in total. The monoisotopic (exact) mass is 476 g/mol. The number of piperidine rings is 2. The zero-order valence-electron chi connectivity index (χ0n) is 19.2. The molecule has 5 heteroatoms. The molecule has 2 heterocycles. The Kier molecular flexibility index (Phi) is 11.2. The van der Waals surface area contributed by atoms with Gasteiger partial charge in [0.1, 0.15) is 0 Å². The maximum atomic E-state index is 12.8. The molecule has 176 valence electrons. The Balaban J connectivity index is 0.00000181. The fourth-order valence-corrected chi connectivity index (χ4v) is 5.09. The first kappa shape index (κ1) is 26.9. The van der Waals surface area contributed by atoms with E-state index >= 15 is 0 Å². The van der Waals surface area contributed by atoms with Crippen molar-refractivity contribution in [1.29, 1.82) is 0 Å². The summed E-state index contributed by atoms with van der Waals surface area (Å²) in [7, 11) is 0. The average molecular weight is 478 g/mol. The number of hydrogen-bond donors (Lipinski definition) is 0. The highest BCUT2D eigenvalue weighted by atomic mass is 35.5. The SMILES string of the molecule is CC(CN1CCC(CN2CCCCC2)CC1)c1cccc(C(=O)c2ccccc2)c1.Cl.Cl. The summed E-state index contributed by atoms with van der Waals surface area (Å²) in [6.07, 6.45) is 6.86. The number of carbonyl (C=O) groups is 1. The number of nitrogens with zero attached hydrogens (tertiary/aromatic N) is 2. The minimum Gasteiger partial charge on any atom is -0.303 e. The van der Waals surface area contributed by atoms with E-state index in [4.69, 9.17) is 0 Å². The fourth-order valence-electron chi connectivity index (χ4n) is 5.09. The molecule has 0 aromatic heterocycles. The van der Waals surface area contributed by atoms with Crippen LogP contribution in [0.2, 0.25) is 0 Å². The van der Waals surface area contributed by atoms with Gasteiger partial charge >= 0.3 is 0 Å². The van der Waals surface area contributed by atoms with E-state index in [2.05, 4.69) is 28.9 Å². The van der Waals surface area contributed by atoms with E-state index in [-0.39, 0.29) is 30.6 Å². The standard InChI is InChI=1S/C27H36N2O.2ClH/c1-22(20-29-17-13-23(14-18-29)21-28-15-6-3-7-16-28)25-11-8-12-26(19-25)27(30)24-9-4-2-5-10-24;;/h2,4-5,8-12,19,22-23H,3,6-7,13-18,20-21H2,1H3;2*1H. The van der Waals surface area contributed by atoms with Crippen molar-refractivity contribution in [2.24, 2.45) is 5.92 Å². The second-order valence-corrected chi connectivity index (χ2v) is 9.33. The van der Waals surface area contributed by atoms with Crippen molar-refractivity contribution < 1.29 is 4.79 Å². The third kappa shape index (κ3) is 7.31. The van der Waals surface area contributed by atoms with Gasteiger partial charge in [0.05, 0.1) is 0 Å². The smallest absolute Gasteiger partial charge is 0.193 e. The first-order valence-electron chi connectivity index (χ1n) is 11.8. The molecular formula is C27H38Cl2N2O. The van der Waals surface area contributed by atoms with Crippen LogP contribution in [0.3, 0.4) is 0 Å². The van der Waals surface area contributed by atoms with Crippen LogP contribution in [0.4, 0.5) is 0 Å². The van der Waals surface area contributed by atoms with Gasteiger partial charge in [-0.15, -0.1) is 24.8 Å². The number of ketones is 1. The van der Waals surface area contributed by atoms with E-state index in [1.165, 1.54) is 70.4 Å². The van der Waals surface area contributed by atoms with Gasteiger partial charge in [-0.05, 0) is 75.3 Å². The highest BCUT2D eigenvalue weighted by Gasteiger charge is 2.23. The minimum absolute atomic E-state index is 0. The molecule has 0 spiro atoms. The van der Waals surface area contributed by atoms with Crippen molar-refractivity contribution in [2.45, 2.75) is 44.9 Å². The Labute approximate surface area is 206 Å². The van der Waals surface area contributed by atoms with Crippen LogP contribution in [-0.4, -0.2) is 54.9 Å². The van der Waals surface area contributed by atoms with E-state index < -0.39 is 0 Å². The molecule has 0 radical (unpaired) electrons. The lowest BCUT2D eigenvalue weighted by atomic mass is 9.92. The van der Waals surface area contributed by atoms with Gasteiger partial charge in [-0.25, -0.2) is 0 Å². The molecule has 32 heavy (non-hydrogen) atoms. The van der Waals surface area contributed by atoms with Crippen LogP contribution >= 0.6 is 24.8 Å². The predicted octanol–water partition coefficient (Wildman–Crippen LogP) is 6.06. The minimum atomic E-state index is 0. The zero-order chi connectivity index (χ0) is 20.8. The summed E-state index contributed by atoms with van der Waals surface area (Å²) >= 11 is 0. The molecule has 0 N–H and O–H groups in total. The molecule has 1 atom stereocenters. The molecule has 0 amide bonds. The first-order chi connectivity index (χ1) is 14.7. The van der Waals surface area contributed by atoms with E-state index in [1.54, 1.807) is 0 Å². The molecule has 0 bridgehead atoms. The number of rotatable bonds is 7. The molecule has 0 saturated carbocycles. The lowest BCUT2D eigenvalue weighted by molar-refractivity contribution is 0.103. The number of benzene rings is 2. The lowest BCUT2D eigenvalue weighted by Crippen LogP contribution is -2.41. The van der Waals surface area contributed by atoms with Crippen LogP contribution in [0, 0.1) is 5.92 Å². The third-order valence-corrected chi connectivity index (χ3v) is 6.96. The number of hydrogen-bond acceptors (Lipinski definition) is 3. The third-order valence-electron chi connectivity index (χ3n) is 6.96. The van der Waals surface area contributed by atoms with E-state index in [0.717, 1.165) is 23.6 Å². The maximum absolute atomic E-state index is 12.8. The second kappa shape index (κ2) is 13.3. The van der Waals surface area contributed by atoms with Crippen LogP contribution in [0.5, 0.6) is 0 Å². The normalized spacial score (nSPS) is 18.9. The fraction of sp³-hybridized carbons (Fsp3) is 0.519. The summed E-state index contributed by atoms with van der Waals surface area (Å²) in [6.45, 7) is 9.75. The van der Waals surface area contributed by atoms with Crippen LogP contribution < -0.4 is 0 Å². The van der Waals surface area contributed by atoms with Gasteiger partial charge in [0.2, 0.25) is 0 Å². The zero-order valence-corrected chi connectivity index (χ0v) is 20.9. The Morgan fingerprint density at radius 2 is 1.50 bits per heavy atom. The van der Waals surface area contributed by atoms with Gasteiger partial charge < -0.3 is 9.80 Å². The lowest BCUT2D eigenvalue weighted by Gasteiger charge is -2.37. The topological polar surface area (TPSA) is 23.6 Å². The summed E-state index contributed by atoms with van der Waals surface area (Å²) < 4.78 is 0. The molecule has 2 fully saturated rings. The molecule has 2 saturated heterocycles. The van der Waals surface area contributed by atoms with Crippen molar-refractivity contribution in [1.82, 2.24) is 9.80 Å². The summed E-state index contributed by atoms with van der Waals surface area (Å²) in [5, 5.41) is 0. The van der Waals surface area contributed by atoms with Gasteiger partial charge in [-0.1, -0.05) is 61.9 Å². The van der Waals surface area contributed by atoms with Crippen molar-refractivity contribution in [3.05, 3.63) is 71.3 Å². The molecule has 2 aromatic rings. The average Bonchev–Trinajstić information content (AvgIpc) is 2.81. The predicted molar refractivity (Wildman–Crippen MR) is 139 cm³/mol. The highest BCUT2D eigenvalue weighted by Crippen LogP contribution is 2.24. The summed E-state index contributed by atoms with van der Waals surface area (Å²) in [5.41, 5.74) is 2.83. The van der Waals surface area contributed by atoms with Crippen LogP contribution in [0.15, 0.2) is 54.6 Å². The molecule has 2 aliphatic rings. The molecule has 1 unspecified atom stereocenters. The van der Waals surface area contributed by atoms with E-state index in [0.29, 0.717) is 5.92 Å². The van der Waals surface area contributed by atoms with Crippen LogP contribution in [0.25, 0.3) is 0 Å². The molecular weight excluding hydrogens is 439 g/mol. The highest BCUT2D eigenvalue weighted by molar-refractivity contribution is 6.09. The van der Waals surface area contributed by atoms with E-state index in [9.17, 15) is 4.79 Å². The van der Waals surface area contributed by atoms with Gasteiger partial charge in [0.25, 0.3) is 0 Å². The quantitative estimate of drug-likeness (QED) is 0.453. The largest absolute Gasteiger partial charge is 0.303 e. The first-order valence-corrected chi connectivity index (χ1v) is 11.8. The van der Waals surface area contributed by atoms with Gasteiger partial charge in [-0.2, -0.15) is 0 Å². The molecule has 2 aliphatic heterocycles. The van der Waals surface area contributed by atoms with Crippen molar-refractivity contribution in [3.63, 3.8) is 0 Å². The van der Waals surface area contributed by atoms with Gasteiger partial charge in [0, 0.05) is 24.2 Å².